The molecule has 0 aliphatic heterocycles. The zero-order valence-electron chi connectivity index (χ0n) is 10.1. The molecule has 0 heterocycles. The van der Waals surface area contributed by atoms with E-state index in [4.69, 9.17) is 10.6 Å². The topological polar surface area (TPSA) is 47.3 Å². The van der Waals surface area contributed by atoms with Gasteiger partial charge in [-0.05, 0) is 37.3 Å². The Bertz CT molecular complexity index is 374. The summed E-state index contributed by atoms with van der Waals surface area (Å²) in [6, 6.07) is 6.76. The molecule has 2 rings (SSSR count). The van der Waals surface area contributed by atoms with Crippen LogP contribution in [0, 0.1) is 5.82 Å². The monoisotopic (exact) mass is 238 g/mol. The van der Waals surface area contributed by atoms with E-state index in [0.29, 0.717) is 12.0 Å². The molecule has 1 unspecified atom stereocenters. The van der Waals surface area contributed by atoms with Crippen molar-refractivity contribution in [1.82, 2.24) is 5.43 Å². The molecule has 3 N–H and O–H groups in total. The van der Waals surface area contributed by atoms with E-state index in [1.165, 1.54) is 6.07 Å². The molecule has 17 heavy (non-hydrogen) atoms. The van der Waals surface area contributed by atoms with E-state index in [2.05, 4.69) is 5.43 Å². The predicted octanol–water partition coefficient (Wildman–Crippen LogP) is 1.77. The number of hydrogen-bond acceptors (Lipinski definition) is 3. The molecule has 1 aliphatic rings. The van der Waals surface area contributed by atoms with Crippen molar-refractivity contribution < 1.29 is 9.13 Å². The smallest absolute Gasteiger partial charge is 0.126 e. The lowest BCUT2D eigenvalue weighted by Crippen LogP contribution is -2.59. The van der Waals surface area contributed by atoms with Gasteiger partial charge < -0.3 is 4.74 Å². The fourth-order valence-electron chi connectivity index (χ4n) is 2.50. The lowest BCUT2D eigenvalue weighted by atomic mass is 9.73. The molecule has 0 bridgehead atoms. The van der Waals surface area contributed by atoms with Gasteiger partial charge >= 0.3 is 0 Å². The van der Waals surface area contributed by atoms with Crippen LogP contribution in [0.2, 0.25) is 0 Å². The lowest BCUT2D eigenvalue weighted by molar-refractivity contribution is -0.0983. The summed E-state index contributed by atoms with van der Waals surface area (Å²) in [4.78, 5) is 0. The highest BCUT2D eigenvalue weighted by molar-refractivity contribution is 5.20. The minimum absolute atomic E-state index is 0.0434. The van der Waals surface area contributed by atoms with E-state index in [0.717, 1.165) is 19.3 Å². The molecular weight excluding hydrogens is 219 g/mol. The number of hydrazine groups is 1. The van der Waals surface area contributed by atoms with Crippen LogP contribution in [0.5, 0.6) is 0 Å². The number of hydrogen-bond donors (Lipinski definition) is 2. The van der Waals surface area contributed by atoms with Gasteiger partial charge in [-0.25, -0.2) is 4.39 Å². The van der Waals surface area contributed by atoms with Crippen LogP contribution in [0.4, 0.5) is 4.39 Å². The summed E-state index contributed by atoms with van der Waals surface area (Å²) in [5, 5.41) is 0. The fourth-order valence-corrected chi connectivity index (χ4v) is 2.50. The summed E-state index contributed by atoms with van der Waals surface area (Å²) in [6.07, 6.45) is 3.65. The van der Waals surface area contributed by atoms with Crippen molar-refractivity contribution in [3.8, 4) is 0 Å². The molecule has 1 fully saturated rings. The van der Waals surface area contributed by atoms with Crippen LogP contribution in [0.15, 0.2) is 24.3 Å². The zero-order chi connectivity index (χ0) is 12.3. The van der Waals surface area contributed by atoms with Gasteiger partial charge in [0.05, 0.1) is 11.6 Å². The summed E-state index contributed by atoms with van der Waals surface area (Å²) in [7, 11) is 1.70. The van der Waals surface area contributed by atoms with E-state index in [-0.39, 0.29) is 17.5 Å². The van der Waals surface area contributed by atoms with Crippen molar-refractivity contribution in [2.45, 2.75) is 37.3 Å². The first-order valence-corrected chi connectivity index (χ1v) is 5.96. The fraction of sp³-hybridized carbons (Fsp3) is 0.538. The molecule has 4 heteroatoms. The number of ether oxygens (including phenoxy) is 1. The van der Waals surface area contributed by atoms with Crippen LogP contribution in [-0.4, -0.2) is 18.8 Å². The molecule has 1 aromatic rings. The van der Waals surface area contributed by atoms with Crippen molar-refractivity contribution in [1.29, 1.82) is 0 Å². The molecule has 1 aromatic carbocycles. The number of benzene rings is 1. The van der Waals surface area contributed by atoms with E-state index >= 15 is 0 Å². The average Bonchev–Trinajstić information content (AvgIpc) is 2.29. The predicted molar refractivity (Wildman–Crippen MR) is 64.8 cm³/mol. The number of halogens is 1. The normalized spacial score (nSPS) is 19.7. The first-order valence-electron chi connectivity index (χ1n) is 5.96. The largest absolute Gasteiger partial charge is 0.377 e. The van der Waals surface area contributed by atoms with Gasteiger partial charge in [0, 0.05) is 7.11 Å². The van der Waals surface area contributed by atoms with Crippen molar-refractivity contribution in [3.63, 3.8) is 0 Å². The van der Waals surface area contributed by atoms with Gasteiger partial charge in [0.2, 0.25) is 0 Å². The Labute approximate surface area is 101 Å². The second-order valence-corrected chi connectivity index (χ2v) is 4.64. The molecule has 0 radical (unpaired) electrons. The third-order valence-corrected chi connectivity index (χ3v) is 3.82. The summed E-state index contributed by atoms with van der Waals surface area (Å²) in [5.41, 5.74) is 3.23. The number of methoxy groups -OCH3 is 1. The molecule has 0 saturated heterocycles. The minimum atomic E-state index is -0.225. The Morgan fingerprint density at radius 3 is 2.65 bits per heavy atom. The van der Waals surface area contributed by atoms with E-state index in [9.17, 15) is 4.39 Å². The molecule has 1 saturated carbocycles. The summed E-state index contributed by atoms with van der Waals surface area (Å²) < 4.78 is 19.2. The summed E-state index contributed by atoms with van der Waals surface area (Å²) in [6.45, 7) is 0. The highest BCUT2D eigenvalue weighted by Crippen LogP contribution is 2.39. The lowest BCUT2D eigenvalue weighted by Gasteiger charge is -2.46. The Morgan fingerprint density at radius 2 is 2.18 bits per heavy atom. The molecule has 1 atom stereocenters. The molecule has 0 amide bonds. The molecule has 3 nitrogen and oxygen atoms in total. The van der Waals surface area contributed by atoms with Crippen molar-refractivity contribution in [2.75, 3.05) is 7.11 Å². The van der Waals surface area contributed by atoms with Gasteiger partial charge in [-0.1, -0.05) is 18.2 Å². The van der Waals surface area contributed by atoms with Crippen LogP contribution < -0.4 is 11.3 Å². The standard InChI is InChI=1S/C13H19FN2O/c1-17-13(7-4-8-13)12(16-15)9-10-5-2-3-6-11(10)14/h2-3,5-6,12,16H,4,7-9,15H2,1H3. The maximum absolute atomic E-state index is 13.6. The van der Waals surface area contributed by atoms with Crippen LogP contribution in [0.3, 0.4) is 0 Å². The number of rotatable bonds is 5. The highest BCUT2D eigenvalue weighted by atomic mass is 19.1. The second kappa shape index (κ2) is 5.12. The van der Waals surface area contributed by atoms with Crippen LogP contribution in [-0.2, 0) is 11.2 Å². The summed E-state index contributed by atoms with van der Waals surface area (Å²) >= 11 is 0. The van der Waals surface area contributed by atoms with Gasteiger partial charge in [0.15, 0.2) is 0 Å². The Hall–Kier alpha value is -0.970. The van der Waals surface area contributed by atoms with Crippen molar-refractivity contribution >= 4 is 0 Å². The van der Waals surface area contributed by atoms with Crippen LogP contribution >= 0.6 is 0 Å². The van der Waals surface area contributed by atoms with Gasteiger partial charge in [-0.3, -0.25) is 11.3 Å². The minimum Gasteiger partial charge on any atom is -0.377 e. The zero-order valence-corrected chi connectivity index (χ0v) is 10.1. The van der Waals surface area contributed by atoms with Crippen molar-refractivity contribution in [2.24, 2.45) is 5.84 Å². The van der Waals surface area contributed by atoms with Gasteiger partial charge in [-0.15, -0.1) is 0 Å². The Morgan fingerprint density at radius 1 is 1.47 bits per heavy atom. The SMILES string of the molecule is COC1(C(Cc2ccccc2F)NN)CCC1. The third-order valence-electron chi connectivity index (χ3n) is 3.82. The van der Waals surface area contributed by atoms with Crippen LogP contribution in [0.1, 0.15) is 24.8 Å². The molecule has 94 valence electrons. The second-order valence-electron chi connectivity index (χ2n) is 4.64. The Balaban J connectivity index is 2.13. The quantitative estimate of drug-likeness (QED) is 0.607. The van der Waals surface area contributed by atoms with E-state index < -0.39 is 0 Å². The Kier molecular flexibility index (Phi) is 3.76. The van der Waals surface area contributed by atoms with E-state index in [1.54, 1.807) is 19.2 Å². The third kappa shape index (κ3) is 2.34. The van der Waals surface area contributed by atoms with Crippen LogP contribution in [0.25, 0.3) is 0 Å². The highest BCUT2D eigenvalue weighted by Gasteiger charge is 2.44. The maximum Gasteiger partial charge on any atom is 0.126 e. The maximum atomic E-state index is 13.6. The molecule has 0 aromatic heterocycles. The first kappa shape index (κ1) is 12.5. The van der Waals surface area contributed by atoms with Gasteiger partial charge in [0.25, 0.3) is 0 Å². The average molecular weight is 238 g/mol. The van der Waals surface area contributed by atoms with E-state index in [1.807, 2.05) is 6.07 Å². The summed E-state index contributed by atoms with van der Waals surface area (Å²) in [5.74, 6) is 5.41. The van der Waals surface area contributed by atoms with Gasteiger partial charge in [0.1, 0.15) is 5.82 Å². The first-order chi connectivity index (χ1) is 8.22. The molecular formula is C13H19FN2O. The van der Waals surface area contributed by atoms with Crippen molar-refractivity contribution in [3.05, 3.63) is 35.6 Å². The molecule has 1 aliphatic carbocycles. The number of nitrogens with two attached hydrogens (primary N) is 1. The molecule has 0 spiro atoms. The van der Waals surface area contributed by atoms with Gasteiger partial charge in [-0.2, -0.15) is 0 Å². The number of nitrogens with one attached hydrogen (secondary N) is 1.